The Hall–Kier alpha value is -4.47. The van der Waals surface area contributed by atoms with E-state index in [-0.39, 0.29) is 28.2 Å². The molecule has 2 aromatic carbocycles. The molecule has 2 heterocycles. The van der Waals surface area contributed by atoms with E-state index >= 15 is 0 Å². The summed E-state index contributed by atoms with van der Waals surface area (Å²) in [6.45, 7) is 1.62. The van der Waals surface area contributed by atoms with Crippen molar-refractivity contribution in [2.45, 2.75) is 13.0 Å². The number of carbonyl (C=O) groups excluding carboxylic acids is 2. The highest BCUT2D eigenvalue weighted by Crippen LogP contribution is 2.42. The maximum Gasteiger partial charge on any atom is 0.301 e. The Morgan fingerprint density at radius 1 is 1.19 bits per heavy atom. The lowest BCUT2D eigenvalue weighted by atomic mass is 9.95. The van der Waals surface area contributed by atoms with Gasteiger partial charge < -0.3 is 14.4 Å². The summed E-state index contributed by atoms with van der Waals surface area (Å²) in [4.78, 5) is 37.8. The van der Waals surface area contributed by atoms with E-state index in [0.717, 1.165) is 4.90 Å². The minimum absolute atomic E-state index is 0.0508. The second-order valence-corrected chi connectivity index (χ2v) is 7.05. The van der Waals surface area contributed by atoms with E-state index in [1.165, 1.54) is 49.6 Å². The number of aliphatic hydroxyl groups excluding tert-OH is 1. The molecular weight excluding hydrogens is 418 g/mol. The van der Waals surface area contributed by atoms with Crippen molar-refractivity contribution in [3.8, 4) is 5.75 Å². The summed E-state index contributed by atoms with van der Waals surface area (Å²) in [5.41, 5.74) is 0.0832. The molecule has 0 spiro atoms. The van der Waals surface area contributed by atoms with Crippen LogP contribution in [0.15, 0.2) is 64.7 Å². The number of ketones is 1. The van der Waals surface area contributed by atoms with Gasteiger partial charge in [0.25, 0.3) is 11.5 Å². The van der Waals surface area contributed by atoms with Gasteiger partial charge in [0.05, 0.1) is 23.6 Å². The third kappa shape index (κ3) is 3.47. The van der Waals surface area contributed by atoms with E-state index in [9.17, 15) is 24.8 Å². The number of amides is 1. The predicted molar refractivity (Wildman–Crippen MR) is 112 cm³/mol. The molecule has 1 aliphatic heterocycles. The van der Waals surface area contributed by atoms with Crippen LogP contribution in [0.3, 0.4) is 0 Å². The average Bonchev–Trinajstić information content (AvgIpc) is 3.34. The molecule has 32 heavy (non-hydrogen) atoms. The molecule has 4 rings (SSSR count). The highest BCUT2D eigenvalue weighted by atomic mass is 16.6. The SMILES string of the molecule is COc1ccc(C(O)=C2C(=O)C(=O)N(c3cc(C)on3)C2c2cccc([N+](=O)[O-])c2)cc1. The number of carbonyl (C=O) groups is 2. The van der Waals surface area contributed by atoms with Crippen LogP contribution in [0.5, 0.6) is 5.75 Å². The molecule has 0 saturated carbocycles. The highest BCUT2D eigenvalue weighted by Gasteiger charge is 2.48. The summed E-state index contributed by atoms with van der Waals surface area (Å²) in [5.74, 6) is -1.33. The number of hydrogen-bond donors (Lipinski definition) is 1. The molecule has 1 amide bonds. The number of aliphatic hydroxyl groups is 1. The van der Waals surface area contributed by atoms with Gasteiger partial charge in [-0.1, -0.05) is 17.3 Å². The molecule has 0 radical (unpaired) electrons. The maximum atomic E-state index is 13.0. The van der Waals surface area contributed by atoms with E-state index in [1.54, 1.807) is 19.1 Å². The topological polar surface area (TPSA) is 136 Å². The zero-order valence-electron chi connectivity index (χ0n) is 17.0. The van der Waals surface area contributed by atoms with Gasteiger partial charge in [-0.3, -0.25) is 24.6 Å². The molecule has 1 N–H and O–H groups in total. The summed E-state index contributed by atoms with van der Waals surface area (Å²) in [6.07, 6.45) is 0. The maximum absolute atomic E-state index is 13.0. The van der Waals surface area contributed by atoms with Gasteiger partial charge in [0.1, 0.15) is 17.3 Å². The number of nitro groups is 1. The Labute approximate surface area is 181 Å². The Kier molecular flexibility index (Phi) is 5.19. The summed E-state index contributed by atoms with van der Waals surface area (Å²) in [7, 11) is 1.49. The summed E-state index contributed by atoms with van der Waals surface area (Å²) in [6, 6.07) is 12.1. The number of ether oxygens (including phenoxy) is 1. The lowest BCUT2D eigenvalue weighted by molar-refractivity contribution is -0.384. The minimum Gasteiger partial charge on any atom is -0.507 e. The number of nitro benzene ring substituents is 1. The van der Waals surface area contributed by atoms with Crippen molar-refractivity contribution in [1.82, 2.24) is 5.16 Å². The Morgan fingerprint density at radius 2 is 1.91 bits per heavy atom. The van der Waals surface area contributed by atoms with Crippen molar-refractivity contribution < 1.29 is 28.9 Å². The first-order chi connectivity index (χ1) is 15.3. The van der Waals surface area contributed by atoms with Gasteiger partial charge >= 0.3 is 5.91 Å². The molecule has 1 saturated heterocycles. The van der Waals surface area contributed by atoms with Crippen molar-refractivity contribution >= 4 is 29.0 Å². The summed E-state index contributed by atoms with van der Waals surface area (Å²) >= 11 is 0. The molecule has 1 aromatic heterocycles. The number of methoxy groups -OCH3 is 1. The first-order valence-electron chi connectivity index (χ1n) is 9.45. The van der Waals surface area contributed by atoms with Crippen LogP contribution in [0.4, 0.5) is 11.5 Å². The molecule has 1 unspecified atom stereocenters. The molecule has 162 valence electrons. The van der Waals surface area contributed by atoms with Gasteiger partial charge in [-0.15, -0.1) is 0 Å². The van der Waals surface area contributed by atoms with Gasteiger partial charge in [-0.05, 0) is 36.8 Å². The van der Waals surface area contributed by atoms with Gasteiger partial charge in [0.2, 0.25) is 0 Å². The first kappa shape index (κ1) is 20.8. The molecule has 1 fully saturated rings. The number of aromatic nitrogens is 1. The second kappa shape index (κ2) is 7.99. The second-order valence-electron chi connectivity index (χ2n) is 7.05. The molecule has 3 aromatic rings. The molecule has 0 bridgehead atoms. The van der Waals surface area contributed by atoms with Gasteiger partial charge in [0, 0.05) is 23.8 Å². The lowest BCUT2D eigenvalue weighted by Gasteiger charge is -2.22. The molecule has 10 heteroatoms. The number of non-ortho nitro benzene ring substituents is 1. The largest absolute Gasteiger partial charge is 0.507 e. The van der Waals surface area contributed by atoms with Crippen LogP contribution in [0.1, 0.15) is 22.9 Å². The van der Waals surface area contributed by atoms with Crippen molar-refractivity contribution in [2.24, 2.45) is 0 Å². The number of nitrogens with zero attached hydrogens (tertiary/aromatic N) is 3. The fourth-order valence-corrected chi connectivity index (χ4v) is 3.56. The van der Waals surface area contributed by atoms with Gasteiger partial charge in [-0.2, -0.15) is 0 Å². The zero-order chi connectivity index (χ0) is 23.0. The highest BCUT2D eigenvalue weighted by molar-refractivity contribution is 6.51. The average molecular weight is 435 g/mol. The van der Waals surface area contributed by atoms with Crippen LogP contribution in [0.2, 0.25) is 0 Å². The zero-order valence-corrected chi connectivity index (χ0v) is 17.0. The van der Waals surface area contributed by atoms with E-state index < -0.39 is 28.4 Å². The Balaban J connectivity index is 1.94. The fraction of sp³-hybridized carbons (Fsp3) is 0.136. The van der Waals surface area contributed by atoms with Gasteiger partial charge in [-0.25, -0.2) is 0 Å². The van der Waals surface area contributed by atoms with E-state index in [0.29, 0.717) is 11.5 Å². The van der Waals surface area contributed by atoms with E-state index in [2.05, 4.69) is 5.16 Å². The third-order valence-corrected chi connectivity index (χ3v) is 5.07. The van der Waals surface area contributed by atoms with Gasteiger partial charge in [0.15, 0.2) is 5.82 Å². The summed E-state index contributed by atoms with van der Waals surface area (Å²) < 4.78 is 10.2. The van der Waals surface area contributed by atoms with E-state index in [1.807, 2.05) is 0 Å². The first-order valence-corrected chi connectivity index (χ1v) is 9.45. The molecule has 0 aliphatic carbocycles. The van der Waals surface area contributed by atoms with Crippen molar-refractivity contribution in [3.63, 3.8) is 0 Å². The number of benzene rings is 2. The van der Waals surface area contributed by atoms with Crippen LogP contribution in [-0.2, 0) is 9.59 Å². The van der Waals surface area contributed by atoms with Crippen LogP contribution >= 0.6 is 0 Å². The van der Waals surface area contributed by atoms with Crippen LogP contribution in [0.25, 0.3) is 5.76 Å². The normalized spacial score (nSPS) is 17.6. The number of aryl methyl sites for hydroxylation is 1. The summed E-state index contributed by atoms with van der Waals surface area (Å²) in [5, 5.41) is 26.1. The molecule has 1 aliphatic rings. The number of anilines is 1. The van der Waals surface area contributed by atoms with Crippen LogP contribution < -0.4 is 9.64 Å². The monoisotopic (exact) mass is 435 g/mol. The quantitative estimate of drug-likeness (QED) is 0.211. The standard InChI is InChI=1S/C22H17N3O7/c1-12-10-17(23-32-12)24-19(14-4-3-5-15(11-14)25(29)30)18(21(27)22(24)28)20(26)13-6-8-16(31-2)9-7-13/h3-11,19,26H,1-2H3. The lowest BCUT2D eigenvalue weighted by Crippen LogP contribution is -2.29. The third-order valence-electron chi connectivity index (χ3n) is 5.07. The number of hydrogen-bond acceptors (Lipinski definition) is 8. The molecule has 1 atom stereocenters. The number of rotatable bonds is 5. The Morgan fingerprint density at radius 3 is 2.50 bits per heavy atom. The van der Waals surface area contributed by atoms with Crippen molar-refractivity contribution in [3.05, 3.63) is 87.2 Å². The Bertz CT molecular complexity index is 1260. The van der Waals surface area contributed by atoms with Crippen LogP contribution in [0, 0.1) is 17.0 Å². The molecule has 10 nitrogen and oxygen atoms in total. The smallest absolute Gasteiger partial charge is 0.301 e. The van der Waals surface area contributed by atoms with Crippen LogP contribution in [-0.4, -0.2) is 34.0 Å². The minimum atomic E-state index is -1.15. The number of Topliss-reactive ketones (excluding diaryl/α,β-unsaturated/α-hetero) is 1. The van der Waals surface area contributed by atoms with Crippen molar-refractivity contribution in [2.75, 3.05) is 12.0 Å². The van der Waals surface area contributed by atoms with E-state index in [4.69, 9.17) is 9.26 Å². The molecular formula is C22H17N3O7. The van der Waals surface area contributed by atoms with Crippen molar-refractivity contribution in [1.29, 1.82) is 0 Å². The fourth-order valence-electron chi connectivity index (χ4n) is 3.56. The predicted octanol–water partition coefficient (Wildman–Crippen LogP) is 3.53.